The van der Waals surface area contributed by atoms with Gasteiger partial charge >= 0.3 is 0 Å². The number of aromatic nitrogens is 3. The van der Waals surface area contributed by atoms with Gasteiger partial charge in [0.2, 0.25) is 0 Å². The predicted octanol–water partition coefficient (Wildman–Crippen LogP) is 2.70. The third-order valence-corrected chi connectivity index (χ3v) is 4.57. The van der Waals surface area contributed by atoms with Crippen molar-refractivity contribution < 1.29 is 5.11 Å². The summed E-state index contributed by atoms with van der Waals surface area (Å²) >= 11 is 0. The Balaban J connectivity index is 1.81. The van der Waals surface area contributed by atoms with Gasteiger partial charge in [-0.3, -0.25) is 0 Å². The van der Waals surface area contributed by atoms with E-state index in [-0.39, 0.29) is 5.92 Å². The molecule has 0 aromatic carbocycles. The molecule has 0 aliphatic heterocycles. The van der Waals surface area contributed by atoms with Crippen LogP contribution >= 0.6 is 0 Å². The lowest BCUT2D eigenvalue weighted by molar-refractivity contribution is -0.0261. The Labute approximate surface area is 125 Å². The molecule has 114 valence electrons. The molecule has 2 aromatic heterocycles. The lowest BCUT2D eigenvalue weighted by Crippen LogP contribution is -2.41. The highest BCUT2D eigenvalue weighted by Gasteiger charge is 2.34. The second-order valence-electron chi connectivity index (χ2n) is 6.52. The van der Waals surface area contributed by atoms with Crippen LogP contribution in [0.4, 0.5) is 5.82 Å². The van der Waals surface area contributed by atoms with Gasteiger partial charge in [0.05, 0.1) is 11.3 Å². The highest BCUT2D eigenvalue weighted by Crippen LogP contribution is 2.33. The molecule has 5 heteroatoms. The van der Waals surface area contributed by atoms with E-state index < -0.39 is 5.60 Å². The van der Waals surface area contributed by atoms with Gasteiger partial charge in [-0.2, -0.15) is 9.61 Å². The van der Waals surface area contributed by atoms with E-state index >= 15 is 0 Å². The van der Waals surface area contributed by atoms with Crippen molar-refractivity contribution in [1.82, 2.24) is 14.6 Å². The van der Waals surface area contributed by atoms with Crippen LogP contribution in [-0.4, -0.2) is 31.9 Å². The average molecular weight is 288 g/mol. The minimum atomic E-state index is -0.563. The standard InChI is InChI=1S/C16H24N4O/c1-11-8-14(20-15(18-11)9-12(2)19-20)17-10-13-6-4-5-7-16(13,3)21/h8-9,13,17,21H,4-7,10H2,1-3H3/t13-,16-/m0/s1. The summed E-state index contributed by atoms with van der Waals surface area (Å²) in [7, 11) is 0. The summed E-state index contributed by atoms with van der Waals surface area (Å²) in [6.45, 7) is 6.69. The smallest absolute Gasteiger partial charge is 0.157 e. The fraction of sp³-hybridized carbons (Fsp3) is 0.625. The Morgan fingerprint density at radius 3 is 2.90 bits per heavy atom. The van der Waals surface area contributed by atoms with Gasteiger partial charge in [-0.1, -0.05) is 12.8 Å². The fourth-order valence-electron chi connectivity index (χ4n) is 3.28. The van der Waals surface area contributed by atoms with Crippen LogP contribution in [0.5, 0.6) is 0 Å². The molecule has 5 nitrogen and oxygen atoms in total. The molecular formula is C16H24N4O. The number of anilines is 1. The van der Waals surface area contributed by atoms with Crippen molar-refractivity contribution in [2.24, 2.45) is 5.92 Å². The summed E-state index contributed by atoms with van der Waals surface area (Å²) in [5.74, 6) is 1.23. The molecule has 3 rings (SSSR count). The zero-order valence-electron chi connectivity index (χ0n) is 13.1. The lowest BCUT2D eigenvalue weighted by atomic mass is 9.76. The van der Waals surface area contributed by atoms with Crippen LogP contribution in [0.15, 0.2) is 12.1 Å². The van der Waals surface area contributed by atoms with Crippen molar-refractivity contribution >= 4 is 11.5 Å². The normalized spacial score (nSPS) is 26.2. The summed E-state index contributed by atoms with van der Waals surface area (Å²) in [5, 5.41) is 18.5. The molecule has 1 fully saturated rings. The molecule has 0 saturated heterocycles. The van der Waals surface area contributed by atoms with E-state index in [1.165, 1.54) is 6.42 Å². The fourth-order valence-corrected chi connectivity index (χ4v) is 3.28. The molecule has 2 atom stereocenters. The van der Waals surface area contributed by atoms with E-state index in [2.05, 4.69) is 15.4 Å². The van der Waals surface area contributed by atoms with Crippen molar-refractivity contribution in [3.8, 4) is 0 Å². The topological polar surface area (TPSA) is 62.5 Å². The van der Waals surface area contributed by atoms with E-state index in [1.807, 2.05) is 37.4 Å². The maximum atomic E-state index is 10.5. The van der Waals surface area contributed by atoms with Gasteiger partial charge in [0.1, 0.15) is 5.82 Å². The largest absolute Gasteiger partial charge is 0.390 e. The molecule has 2 heterocycles. The molecule has 21 heavy (non-hydrogen) atoms. The Hall–Kier alpha value is -1.62. The monoisotopic (exact) mass is 288 g/mol. The molecule has 1 aliphatic rings. The first-order valence-electron chi connectivity index (χ1n) is 7.76. The Morgan fingerprint density at radius 1 is 1.33 bits per heavy atom. The van der Waals surface area contributed by atoms with Gasteiger partial charge in [-0.15, -0.1) is 0 Å². The van der Waals surface area contributed by atoms with Crippen molar-refractivity contribution in [3.63, 3.8) is 0 Å². The Kier molecular flexibility index (Phi) is 3.61. The highest BCUT2D eigenvalue weighted by atomic mass is 16.3. The maximum Gasteiger partial charge on any atom is 0.157 e. The van der Waals surface area contributed by atoms with Crippen LogP contribution in [0.1, 0.15) is 44.0 Å². The van der Waals surface area contributed by atoms with Crippen LogP contribution in [0.25, 0.3) is 5.65 Å². The minimum Gasteiger partial charge on any atom is -0.390 e. The third kappa shape index (κ3) is 2.88. The van der Waals surface area contributed by atoms with Gasteiger partial charge in [0, 0.05) is 30.3 Å². The maximum absolute atomic E-state index is 10.5. The summed E-state index contributed by atoms with van der Waals surface area (Å²) in [6, 6.07) is 3.99. The summed E-state index contributed by atoms with van der Waals surface area (Å²) in [6.07, 6.45) is 4.30. The number of aliphatic hydroxyl groups is 1. The number of nitrogens with one attached hydrogen (secondary N) is 1. The van der Waals surface area contributed by atoms with Crippen LogP contribution in [0, 0.1) is 19.8 Å². The number of rotatable bonds is 3. The first-order valence-corrected chi connectivity index (χ1v) is 7.76. The summed E-state index contributed by atoms with van der Waals surface area (Å²) in [4.78, 5) is 4.49. The zero-order chi connectivity index (χ0) is 15.0. The zero-order valence-corrected chi connectivity index (χ0v) is 13.1. The van der Waals surface area contributed by atoms with Crippen molar-refractivity contribution in [3.05, 3.63) is 23.5 Å². The van der Waals surface area contributed by atoms with Crippen molar-refractivity contribution in [2.75, 3.05) is 11.9 Å². The quantitative estimate of drug-likeness (QED) is 0.911. The minimum absolute atomic E-state index is 0.284. The molecule has 0 amide bonds. The molecular weight excluding hydrogens is 264 g/mol. The Morgan fingerprint density at radius 2 is 2.14 bits per heavy atom. The lowest BCUT2D eigenvalue weighted by Gasteiger charge is -2.37. The van der Waals surface area contributed by atoms with Gasteiger partial charge in [0.15, 0.2) is 5.65 Å². The van der Waals surface area contributed by atoms with E-state index in [4.69, 9.17) is 0 Å². The first kappa shape index (κ1) is 14.3. The SMILES string of the molecule is Cc1cc(NC[C@@H]2CCCC[C@]2(C)O)n2nc(C)cc2n1. The molecule has 0 bridgehead atoms. The van der Waals surface area contributed by atoms with Gasteiger partial charge in [0.25, 0.3) is 0 Å². The average Bonchev–Trinajstić information content (AvgIpc) is 2.77. The van der Waals surface area contributed by atoms with Crippen molar-refractivity contribution in [1.29, 1.82) is 0 Å². The van der Waals surface area contributed by atoms with Crippen LogP contribution in [0.2, 0.25) is 0 Å². The van der Waals surface area contributed by atoms with E-state index in [0.717, 1.165) is 48.7 Å². The molecule has 1 saturated carbocycles. The summed E-state index contributed by atoms with van der Waals surface area (Å²) in [5.41, 5.74) is 2.23. The van der Waals surface area contributed by atoms with E-state index in [0.29, 0.717) is 0 Å². The number of fused-ring (bicyclic) bond motifs is 1. The Bertz CT molecular complexity index is 647. The number of aryl methyl sites for hydroxylation is 2. The van der Waals surface area contributed by atoms with Crippen LogP contribution in [0.3, 0.4) is 0 Å². The first-order chi connectivity index (χ1) is 9.95. The predicted molar refractivity (Wildman–Crippen MR) is 83.5 cm³/mol. The molecule has 0 unspecified atom stereocenters. The summed E-state index contributed by atoms with van der Waals surface area (Å²) < 4.78 is 1.85. The van der Waals surface area contributed by atoms with Gasteiger partial charge in [-0.05, 0) is 33.6 Å². The number of hydrogen-bond donors (Lipinski definition) is 2. The third-order valence-electron chi connectivity index (χ3n) is 4.57. The highest BCUT2D eigenvalue weighted by molar-refractivity contribution is 5.50. The van der Waals surface area contributed by atoms with Gasteiger partial charge < -0.3 is 10.4 Å². The molecule has 2 aromatic rings. The van der Waals surface area contributed by atoms with Crippen molar-refractivity contribution in [2.45, 2.75) is 52.1 Å². The second kappa shape index (κ2) is 5.30. The second-order valence-corrected chi connectivity index (χ2v) is 6.52. The molecule has 2 N–H and O–H groups in total. The number of nitrogens with zero attached hydrogens (tertiary/aromatic N) is 3. The molecule has 0 spiro atoms. The molecule has 1 aliphatic carbocycles. The van der Waals surface area contributed by atoms with E-state index in [1.54, 1.807) is 0 Å². The van der Waals surface area contributed by atoms with Crippen LogP contribution in [-0.2, 0) is 0 Å². The molecule has 0 radical (unpaired) electrons. The van der Waals surface area contributed by atoms with Crippen LogP contribution < -0.4 is 5.32 Å². The van der Waals surface area contributed by atoms with Gasteiger partial charge in [-0.25, -0.2) is 4.98 Å². The van der Waals surface area contributed by atoms with E-state index in [9.17, 15) is 5.11 Å². The number of hydrogen-bond acceptors (Lipinski definition) is 4.